The van der Waals surface area contributed by atoms with Gasteiger partial charge in [0.05, 0.1) is 6.54 Å². The van der Waals surface area contributed by atoms with Crippen LogP contribution in [0, 0.1) is 0 Å². The zero-order valence-corrected chi connectivity index (χ0v) is 14.2. The van der Waals surface area contributed by atoms with E-state index in [1.54, 1.807) is 42.7 Å². The van der Waals surface area contributed by atoms with Crippen LogP contribution in [0.25, 0.3) is 0 Å². The summed E-state index contributed by atoms with van der Waals surface area (Å²) in [6, 6.07) is 8.73. The van der Waals surface area contributed by atoms with Crippen molar-refractivity contribution < 1.29 is 9.59 Å². The van der Waals surface area contributed by atoms with Crippen LogP contribution in [0.3, 0.4) is 0 Å². The third-order valence-electron chi connectivity index (χ3n) is 4.15. The monoisotopic (exact) mass is 339 g/mol. The van der Waals surface area contributed by atoms with Gasteiger partial charge in [-0.2, -0.15) is 0 Å². The maximum atomic E-state index is 12.2. The van der Waals surface area contributed by atoms with Gasteiger partial charge in [0.15, 0.2) is 5.78 Å². The van der Waals surface area contributed by atoms with Gasteiger partial charge in [-0.3, -0.25) is 14.5 Å². The average molecular weight is 339 g/mol. The van der Waals surface area contributed by atoms with Gasteiger partial charge < -0.3 is 10.2 Å². The van der Waals surface area contributed by atoms with E-state index < -0.39 is 0 Å². The molecule has 1 aliphatic heterocycles. The first-order valence-electron chi connectivity index (χ1n) is 8.27. The van der Waals surface area contributed by atoms with Crippen LogP contribution >= 0.6 is 0 Å². The van der Waals surface area contributed by atoms with Crippen molar-refractivity contribution in [2.45, 2.75) is 6.92 Å². The number of Topliss-reactive ketones (excluding diaryl/α,β-unsaturated/α-hetero) is 1. The van der Waals surface area contributed by atoms with E-state index >= 15 is 0 Å². The molecule has 130 valence electrons. The quantitative estimate of drug-likeness (QED) is 0.831. The van der Waals surface area contributed by atoms with Crippen molar-refractivity contribution in [1.82, 2.24) is 14.9 Å². The topological polar surface area (TPSA) is 78.4 Å². The Hall–Kier alpha value is -2.80. The highest BCUT2D eigenvalue weighted by Crippen LogP contribution is 2.12. The van der Waals surface area contributed by atoms with Gasteiger partial charge in [-0.1, -0.05) is 0 Å². The van der Waals surface area contributed by atoms with Gasteiger partial charge in [-0.15, -0.1) is 0 Å². The van der Waals surface area contributed by atoms with Crippen molar-refractivity contribution in [3.63, 3.8) is 0 Å². The van der Waals surface area contributed by atoms with E-state index in [1.807, 2.05) is 0 Å². The van der Waals surface area contributed by atoms with Crippen LogP contribution in [-0.4, -0.2) is 59.3 Å². The van der Waals surface area contributed by atoms with Crippen molar-refractivity contribution in [2.24, 2.45) is 0 Å². The first kappa shape index (κ1) is 17.0. The lowest BCUT2D eigenvalue weighted by molar-refractivity contribution is -0.117. The van der Waals surface area contributed by atoms with Crippen molar-refractivity contribution >= 4 is 23.3 Å². The molecule has 1 aromatic heterocycles. The summed E-state index contributed by atoms with van der Waals surface area (Å²) in [5, 5.41) is 2.87. The number of rotatable bonds is 5. The normalized spacial score (nSPS) is 15.0. The molecule has 0 bridgehead atoms. The number of aromatic nitrogens is 2. The molecule has 0 aliphatic carbocycles. The third kappa shape index (κ3) is 4.60. The van der Waals surface area contributed by atoms with Gasteiger partial charge in [0, 0.05) is 49.8 Å². The molecule has 0 radical (unpaired) electrons. The minimum absolute atomic E-state index is 0.0122. The zero-order chi connectivity index (χ0) is 17.6. The molecule has 1 aliphatic rings. The van der Waals surface area contributed by atoms with E-state index in [0.29, 0.717) is 17.8 Å². The average Bonchev–Trinajstić information content (AvgIpc) is 2.63. The second-order valence-electron chi connectivity index (χ2n) is 5.99. The fourth-order valence-corrected chi connectivity index (χ4v) is 2.75. The number of hydrogen-bond donors (Lipinski definition) is 1. The number of piperazine rings is 1. The molecule has 1 amide bonds. The second-order valence-corrected chi connectivity index (χ2v) is 5.99. The molecule has 7 heteroatoms. The summed E-state index contributed by atoms with van der Waals surface area (Å²) >= 11 is 0. The van der Waals surface area contributed by atoms with Crippen LogP contribution in [0.15, 0.2) is 42.7 Å². The van der Waals surface area contributed by atoms with Crippen molar-refractivity contribution in [1.29, 1.82) is 0 Å². The van der Waals surface area contributed by atoms with Crippen LogP contribution in [0.2, 0.25) is 0 Å². The molecule has 2 heterocycles. The number of carbonyl (C=O) groups is 2. The smallest absolute Gasteiger partial charge is 0.238 e. The minimum Gasteiger partial charge on any atom is -0.338 e. The summed E-state index contributed by atoms with van der Waals surface area (Å²) in [5.74, 6) is 0.690. The zero-order valence-electron chi connectivity index (χ0n) is 14.2. The molecule has 1 N–H and O–H groups in total. The fourth-order valence-electron chi connectivity index (χ4n) is 2.75. The Kier molecular flexibility index (Phi) is 5.35. The summed E-state index contributed by atoms with van der Waals surface area (Å²) in [4.78, 5) is 36.2. The van der Waals surface area contributed by atoms with Gasteiger partial charge in [0.1, 0.15) is 0 Å². The summed E-state index contributed by atoms with van der Waals surface area (Å²) < 4.78 is 0. The molecule has 1 saturated heterocycles. The maximum absolute atomic E-state index is 12.2. The van der Waals surface area contributed by atoms with Gasteiger partial charge in [0.2, 0.25) is 11.9 Å². The molecular weight excluding hydrogens is 318 g/mol. The predicted octanol–water partition coefficient (Wildman–Crippen LogP) is 1.44. The van der Waals surface area contributed by atoms with E-state index in [0.717, 1.165) is 32.1 Å². The number of anilines is 2. The Balaban J connectivity index is 1.47. The molecule has 0 spiro atoms. The first-order chi connectivity index (χ1) is 12.1. The van der Waals surface area contributed by atoms with Gasteiger partial charge in [-0.05, 0) is 37.3 Å². The standard InChI is InChI=1S/C18H21N5O2/c1-14(24)15-3-5-16(6-4-15)21-17(25)13-22-9-11-23(12-10-22)18-19-7-2-8-20-18/h2-8H,9-13H2,1H3,(H,21,25). The van der Waals surface area contributed by atoms with Crippen LogP contribution in [0.4, 0.5) is 11.6 Å². The first-order valence-corrected chi connectivity index (χ1v) is 8.27. The van der Waals surface area contributed by atoms with E-state index in [9.17, 15) is 9.59 Å². The van der Waals surface area contributed by atoms with Crippen LogP contribution < -0.4 is 10.2 Å². The highest BCUT2D eigenvalue weighted by Gasteiger charge is 2.20. The Labute approximate surface area is 146 Å². The van der Waals surface area contributed by atoms with Crippen LogP contribution in [0.5, 0.6) is 0 Å². The summed E-state index contributed by atoms with van der Waals surface area (Å²) in [5.41, 5.74) is 1.34. The molecule has 25 heavy (non-hydrogen) atoms. The number of hydrogen-bond acceptors (Lipinski definition) is 6. The molecule has 3 rings (SSSR count). The predicted molar refractivity (Wildman–Crippen MR) is 95.8 cm³/mol. The van der Waals surface area contributed by atoms with Crippen molar-refractivity contribution in [3.8, 4) is 0 Å². The molecule has 2 aromatic rings. The fraction of sp³-hybridized carbons (Fsp3) is 0.333. The summed E-state index contributed by atoms with van der Waals surface area (Å²) in [7, 11) is 0. The molecule has 7 nitrogen and oxygen atoms in total. The third-order valence-corrected chi connectivity index (χ3v) is 4.15. The minimum atomic E-state index is -0.0556. The maximum Gasteiger partial charge on any atom is 0.238 e. The number of nitrogens with one attached hydrogen (secondary N) is 1. The van der Waals surface area contributed by atoms with E-state index in [4.69, 9.17) is 0 Å². The Morgan fingerprint density at radius 3 is 2.28 bits per heavy atom. The summed E-state index contributed by atoms with van der Waals surface area (Å²) in [6.07, 6.45) is 3.47. The number of ketones is 1. The van der Waals surface area contributed by atoms with E-state index in [-0.39, 0.29) is 11.7 Å². The van der Waals surface area contributed by atoms with Gasteiger partial charge in [0.25, 0.3) is 0 Å². The highest BCUT2D eigenvalue weighted by atomic mass is 16.2. The largest absolute Gasteiger partial charge is 0.338 e. The molecule has 1 aromatic carbocycles. The molecule has 0 saturated carbocycles. The second kappa shape index (κ2) is 7.85. The molecular formula is C18H21N5O2. The number of carbonyl (C=O) groups excluding carboxylic acids is 2. The lowest BCUT2D eigenvalue weighted by Gasteiger charge is -2.34. The molecule has 0 unspecified atom stereocenters. The van der Waals surface area contributed by atoms with E-state index in [2.05, 4.69) is 25.1 Å². The number of benzene rings is 1. The molecule has 1 fully saturated rings. The Morgan fingerprint density at radius 1 is 1.04 bits per heavy atom. The van der Waals surface area contributed by atoms with Gasteiger partial charge >= 0.3 is 0 Å². The Morgan fingerprint density at radius 2 is 1.68 bits per heavy atom. The highest BCUT2D eigenvalue weighted by molar-refractivity contribution is 5.96. The SMILES string of the molecule is CC(=O)c1ccc(NC(=O)CN2CCN(c3ncccn3)CC2)cc1. The van der Waals surface area contributed by atoms with Gasteiger partial charge in [-0.25, -0.2) is 9.97 Å². The van der Waals surface area contributed by atoms with Crippen LogP contribution in [0.1, 0.15) is 17.3 Å². The van der Waals surface area contributed by atoms with Crippen molar-refractivity contribution in [3.05, 3.63) is 48.3 Å². The lowest BCUT2D eigenvalue weighted by Crippen LogP contribution is -2.49. The lowest BCUT2D eigenvalue weighted by atomic mass is 10.1. The van der Waals surface area contributed by atoms with E-state index in [1.165, 1.54) is 6.92 Å². The number of amides is 1. The number of nitrogens with zero attached hydrogens (tertiary/aromatic N) is 4. The Bertz CT molecular complexity index is 725. The molecule has 0 atom stereocenters. The van der Waals surface area contributed by atoms with Crippen molar-refractivity contribution in [2.75, 3.05) is 42.9 Å². The van der Waals surface area contributed by atoms with Crippen LogP contribution in [-0.2, 0) is 4.79 Å². The summed E-state index contributed by atoms with van der Waals surface area (Å²) in [6.45, 7) is 5.03.